The lowest BCUT2D eigenvalue weighted by atomic mass is 10.1. The Labute approximate surface area is 160 Å². The van der Waals surface area contributed by atoms with Gasteiger partial charge < -0.3 is 10.2 Å². The summed E-state index contributed by atoms with van der Waals surface area (Å²) < 4.78 is 0. The molecule has 0 heterocycles. The van der Waals surface area contributed by atoms with Gasteiger partial charge in [-0.15, -0.1) is 0 Å². The molecule has 0 aliphatic rings. The van der Waals surface area contributed by atoms with Gasteiger partial charge in [0.2, 0.25) is 5.91 Å². The minimum absolute atomic E-state index is 0.260. The van der Waals surface area contributed by atoms with E-state index < -0.39 is 0 Å². The average molecular weight is 368 g/mol. The van der Waals surface area contributed by atoms with Crippen LogP contribution in [0.15, 0.2) is 54.6 Å². The number of amides is 1. The normalized spacial score (nSPS) is 10.6. The molecule has 0 aliphatic carbocycles. The van der Waals surface area contributed by atoms with Crippen LogP contribution in [0.2, 0.25) is 0 Å². The highest BCUT2D eigenvalue weighted by Crippen LogP contribution is 2.22. The lowest BCUT2D eigenvalue weighted by molar-refractivity contribution is -0.115. The van der Waals surface area contributed by atoms with E-state index in [1.807, 2.05) is 43.3 Å². The molecule has 2 rings (SSSR count). The van der Waals surface area contributed by atoms with Crippen molar-refractivity contribution >= 4 is 40.7 Å². The molecule has 0 aromatic heterocycles. The minimum atomic E-state index is -0.260. The van der Waals surface area contributed by atoms with Gasteiger partial charge in [0.1, 0.15) is 0 Å². The highest BCUT2D eigenvalue weighted by molar-refractivity contribution is 7.80. The zero-order valence-electron chi connectivity index (χ0n) is 15.5. The number of hydrogen-bond acceptors (Lipinski definition) is 3. The third kappa shape index (κ3) is 5.70. The lowest BCUT2D eigenvalue weighted by Crippen LogP contribution is -2.33. The van der Waals surface area contributed by atoms with E-state index in [1.165, 1.54) is 11.8 Å². The molecule has 0 fully saturated rings. The van der Waals surface area contributed by atoms with Crippen molar-refractivity contribution in [3.8, 4) is 0 Å². The second kappa shape index (κ2) is 9.73. The third-order valence-corrected chi connectivity index (χ3v) is 4.25. The van der Waals surface area contributed by atoms with E-state index in [0.717, 1.165) is 29.9 Å². The molecule has 0 atom stereocenters. The third-order valence-electron chi connectivity index (χ3n) is 4.05. The van der Waals surface area contributed by atoms with Crippen molar-refractivity contribution in [3.05, 3.63) is 65.7 Å². The zero-order chi connectivity index (χ0) is 18.9. The van der Waals surface area contributed by atoms with E-state index in [4.69, 9.17) is 12.2 Å². The van der Waals surface area contributed by atoms with E-state index in [9.17, 15) is 4.79 Å². The van der Waals surface area contributed by atoms with Crippen LogP contribution in [0.25, 0.3) is 6.08 Å². The fraction of sp³-hybridized carbons (Fsp3) is 0.238. The largest absolute Gasteiger partial charge is 0.372 e. The molecule has 4 nitrogen and oxygen atoms in total. The first-order valence-electron chi connectivity index (χ1n) is 8.74. The summed E-state index contributed by atoms with van der Waals surface area (Å²) >= 11 is 5.25. The summed E-state index contributed by atoms with van der Waals surface area (Å²) in [5.41, 5.74) is 4.10. The number of nitrogens with zero attached hydrogens (tertiary/aromatic N) is 1. The highest BCUT2D eigenvalue weighted by Gasteiger charge is 2.07. The molecular weight excluding hydrogens is 342 g/mol. The Morgan fingerprint density at radius 3 is 2.42 bits per heavy atom. The van der Waals surface area contributed by atoms with E-state index in [2.05, 4.69) is 41.5 Å². The van der Waals surface area contributed by atoms with E-state index >= 15 is 0 Å². The molecule has 0 radical (unpaired) electrons. The molecule has 0 saturated heterocycles. The maximum atomic E-state index is 12.0. The molecule has 0 bridgehead atoms. The topological polar surface area (TPSA) is 44.4 Å². The molecule has 2 aromatic carbocycles. The summed E-state index contributed by atoms with van der Waals surface area (Å²) in [5, 5.41) is 6.04. The van der Waals surface area contributed by atoms with Crippen LogP contribution in [0, 0.1) is 6.92 Å². The molecule has 2 N–H and O–H groups in total. The van der Waals surface area contributed by atoms with Crippen molar-refractivity contribution in [2.75, 3.05) is 23.3 Å². The van der Waals surface area contributed by atoms with Gasteiger partial charge in [-0.05, 0) is 68.4 Å². The highest BCUT2D eigenvalue weighted by atomic mass is 32.1. The van der Waals surface area contributed by atoms with Gasteiger partial charge in [0.05, 0.1) is 0 Å². The maximum Gasteiger partial charge on any atom is 0.250 e. The van der Waals surface area contributed by atoms with Crippen LogP contribution in [0.4, 0.5) is 11.4 Å². The molecule has 2 aromatic rings. The van der Waals surface area contributed by atoms with Crippen molar-refractivity contribution in [2.24, 2.45) is 0 Å². The van der Waals surface area contributed by atoms with Crippen LogP contribution in [0.3, 0.4) is 0 Å². The second-order valence-electron chi connectivity index (χ2n) is 5.86. The van der Waals surface area contributed by atoms with E-state index in [1.54, 1.807) is 6.08 Å². The Kier molecular flexibility index (Phi) is 7.36. The Hall–Kier alpha value is -2.66. The van der Waals surface area contributed by atoms with Crippen molar-refractivity contribution in [2.45, 2.75) is 20.8 Å². The van der Waals surface area contributed by atoms with Crippen molar-refractivity contribution < 1.29 is 4.79 Å². The second-order valence-corrected chi connectivity index (χ2v) is 6.27. The smallest absolute Gasteiger partial charge is 0.250 e. The van der Waals surface area contributed by atoms with Crippen molar-refractivity contribution in [1.82, 2.24) is 5.32 Å². The Morgan fingerprint density at radius 1 is 1.12 bits per heavy atom. The van der Waals surface area contributed by atoms with Gasteiger partial charge in [0.15, 0.2) is 5.11 Å². The summed E-state index contributed by atoms with van der Waals surface area (Å²) in [6.07, 6.45) is 3.22. The summed E-state index contributed by atoms with van der Waals surface area (Å²) in [6, 6.07) is 15.8. The number of benzene rings is 2. The molecule has 26 heavy (non-hydrogen) atoms. The van der Waals surface area contributed by atoms with Crippen LogP contribution in [-0.2, 0) is 4.79 Å². The number of rotatable bonds is 6. The predicted octanol–water partition coefficient (Wildman–Crippen LogP) is 4.37. The van der Waals surface area contributed by atoms with Gasteiger partial charge in [-0.3, -0.25) is 10.1 Å². The first-order valence-corrected chi connectivity index (χ1v) is 9.15. The van der Waals surface area contributed by atoms with Crippen LogP contribution >= 0.6 is 12.2 Å². The molecule has 0 unspecified atom stereocenters. The summed E-state index contributed by atoms with van der Waals surface area (Å²) in [4.78, 5) is 14.3. The molecule has 0 aliphatic heterocycles. The molecule has 5 heteroatoms. The number of hydrogen-bond donors (Lipinski definition) is 2. The van der Waals surface area contributed by atoms with Crippen LogP contribution in [0.1, 0.15) is 25.0 Å². The van der Waals surface area contributed by atoms with Gasteiger partial charge >= 0.3 is 0 Å². The van der Waals surface area contributed by atoms with Crippen LogP contribution in [-0.4, -0.2) is 24.1 Å². The van der Waals surface area contributed by atoms with Gasteiger partial charge in [-0.1, -0.05) is 30.3 Å². The predicted molar refractivity (Wildman–Crippen MR) is 115 cm³/mol. The molecule has 1 amide bonds. The Morgan fingerprint density at radius 2 is 1.81 bits per heavy atom. The Balaban J connectivity index is 1.95. The Bertz CT molecular complexity index is 783. The van der Waals surface area contributed by atoms with Crippen molar-refractivity contribution in [3.63, 3.8) is 0 Å². The number of aryl methyl sites for hydroxylation is 1. The standard InChI is InChI=1S/C21H25N3OS/c1-4-24(5-2)18-12-13-19(16(3)15-18)22-21(26)23-20(25)14-11-17-9-7-6-8-10-17/h6-15H,4-5H2,1-3H3,(H2,22,23,25,26)/b14-11+. The van der Waals surface area contributed by atoms with Crippen LogP contribution in [0.5, 0.6) is 0 Å². The molecule has 0 saturated carbocycles. The number of carbonyl (C=O) groups is 1. The first-order chi connectivity index (χ1) is 12.5. The average Bonchev–Trinajstić information content (AvgIpc) is 2.64. The maximum absolute atomic E-state index is 12.0. The van der Waals surface area contributed by atoms with Gasteiger partial charge in [-0.25, -0.2) is 0 Å². The van der Waals surface area contributed by atoms with Crippen LogP contribution < -0.4 is 15.5 Å². The lowest BCUT2D eigenvalue weighted by Gasteiger charge is -2.22. The number of thiocarbonyl (C=S) groups is 1. The first kappa shape index (κ1) is 19.7. The monoisotopic (exact) mass is 367 g/mol. The fourth-order valence-corrected chi connectivity index (χ4v) is 2.83. The minimum Gasteiger partial charge on any atom is -0.372 e. The number of carbonyl (C=O) groups excluding carboxylic acids is 1. The molecular formula is C21H25N3OS. The van der Waals surface area contributed by atoms with E-state index in [-0.39, 0.29) is 11.0 Å². The van der Waals surface area contributed by atoms with E-state index in [0.29, 0.717) is 0 Å². The number of anilines is 2. The fourth-order valence-electron chi connectivity index (χ4n) is 2.62. The van der Waals surface area contributed by atoms with Crippen molar-refractivity contribution in [1.29, 1.82) is 0 Å². The van der Waals surface area contributed by atoms with Gasteiger partial charge in [0.25, 0.3) is 0 Å². The molecule has 0 spiro atoms. The number of nitrogens with one attached hydrogen (secondary N) is 2. The zero-order valence-corrected chi connectivity index (χ0v) is 16.3. The summed E-state index contributed by atoms with van der Waals surface area (Å²) in [7, 11) is 0. The molecule has 136 valence electrons. The summed E-state index contributed by atoms with van der Waals surface area (Å²) in [5.74, 6) is -0.260. The SMILES string of the molecule is CCN(CC)c1ccc(NC(=S)NC(=O)/C=C/c2ccccc2)c(C)c1. The summed E-state index contributed by atoms with van der Waals surface area (Å²) in [6.45, 7) is 8.22. The van der Waals surface area contributed by atoms with Gasteiger partial charge in [-0.2, -0.15) is 0 Å². The van der Waals surface area contributed by atoms with Gasteiger partial charge in [0, 0.05) is 30.5 Å². The quantitative estimate of drug-likeness (QED) is 0.588.